The minimum Gasteiger partial charge on any atom is -0.423 e. The third kappa shape index (κ3) is 2.85. The first-order valence-corrected chi connectivity index (χ1v) is 9.24. The van der Waals surface area contributed by atoms with Crippen molar-refractivity contribution in [3.8, 4) is 0 Å². The van der Waals surface area contributed by atoms with E-state index >= 15 is 0 Å². The number of azo groups is 2. The number of esters is 1. The summed E-state index contributed by atoms with van der Waals surface area (Å²) in [6.45, 7) is 0. The molecule has 6 rings (SSSR count). The Kier molecular flexibility index (Phi) is 3.69. The van der Waals surface area contributed by atoms with Crippen LogP contribution in [0, 0.1) is 0 Å². The monoisotopic (exact) mass is 406 g/mol. The number of carbonyl (C=O) groups excluding carboxylic acids is 1. The van der Waals surface area contributed by atoms with Crippen LogP contribution < -0.4 is 0 Å². The van der Waals surface area contributed by atoms with E-state index in [1.54, 1.807) is 61.0 Å². The molecule has 10 nitrogen and oxygen atoms in total. The zero-order valence-electron chi connectivity index (χ0n) is 15.7. The lowest BCUT2D eigenvalue weighted by atomic mass is 10.0. The molecule has 31 heavy (non-hydrogen) atoms. The van der Waals surface area contributed by atoms with Crippen LogP contribution in [0.3, 0.4) is 0 Å². The second kappa shape index (κ2) is 6.66. The summed E-state index contributed by atoms with van der Waals surface area (Å²) in [5.74, 6) is 0.674. The van der Waals surface area contributed by atoms with Crippen molar-refractivity contribution in [3.05, 3.63) is 82.4 Å². The van der Waals surface area contributed by atoms with Gasteiger partial charge in [0.2, 0.25) is 11.6 Å². The normalized spacial score (nSPS) is 25.5. The number of allylic oxidation sites excluding steroid dienone is 5. The van der Waals surface area contributed by atoms with Crippen molar-refractivity contribution in [1.29, 1.82) is 0 Å². The fraction of sp³-hybridized carbons (Fsp3) is 0. The highest BCUT2D eigenvalue weighted by molar-refractivity contribution is 6.00. The molecule has 0 radical (unpaired) electrons. The van der Waals surface area contributed by atoms with Crippen LogP contribution in [0.2, 0.25) is 0 Å². The highest BCUT2D eigenvalue weighted by Crippen LogP contribution is 2.38. The summed E-state index contributed by atoms with van der Waals surface area (Å²) in [7, 11) is 0. The van der Waals surface area contributed by atoms with Crippen molar-refractivity contribution in [3.63, 3.8) is 0 Å². The summed E-state index contributed by atoms with van der Waals surface area (Å²) < 4.78 is 5.68. The van der Waals surface area contributed by atoms with E-state index in [0.717, 1.165) is 11.1 Å². The van der Waals surface area contributed by atoms with E-state index < -0.39 is 5.97 Å². The SMILES string of the molecule is O=C(OC1=C/c2cnnc3c2/C(=C/C=C\1)N=N3)C1=C/c2cnnc3c2\C(=C/C=C\1)N=N3. The molecule has 2 aromatic rings. The first kappa shape index (κ1) is 17.2. The summed E-state index contributed by atoms with van der Waals surface area (Å²) in [4.78, 5) is 13.0. The van der Waals surface area contributed by atoms with E-state index in [1.165, 1.54) is 0 Å². The summed E-state index contributed by atoms with van der Waals surface area (Å²) in [6.07, 6.45) is 16.9. The van der Waals surface area contributed by atoms with Crippen LogP contribution in [0.15, 0.2) is 80.6 Å². The van der Waals surface area contributed by atoms with E-state index in [-0.39, 0.29) is 0 Å². The summed E-state index contributed by atoms with van der Waals surface area (Å²) in [6, 6.07) is 0. The smallest absolute Gasteiger partial charge is 0.343 e. The minimum atomic E-state index is -0.528. The number of nitrogens with zero attached hydrogens (tertiary/aromatic N) is 8. The third-order valence-electron chi connectivity index (χ3n) is 4.84. The van der Waals surface area contributed by atoms with Gasteiger partial charge >= 0.3 is 5.97 Å². The predicted molar refractivity (Wildman–Crippen MR) is 109 cm³/mol. The average molecular weight is 406 g/mol. The van der Waals surface area contributed by atoms with Gasteiger partial charge in [-0.2, -0.15) is 10.2 Å². The highest BCUT2D eigenvalue weighted by atomic mass is 16.5. The molecule has 0 amide bonds. The summed E-state index contributed by atoms with van der Waals surface area (Å²) in [5.41, 5.74) is 4.57. The Bertz CT molecular complexity index is 1420. The van der Waals surface area contributed by atoms with Gasteiger partial charge in [-0.05, 0) is 36.5 Å². The van der Waals surface area contributed by atoms with Gasteiger partial charge in [0.1, 0.15) is 5.76 Å². The van der Waals surface area contributed by atoms with Crippen molar-refractivity contribution in [2.75, 3.05) is 0 Å². The van der Waals surface area contributed by atoms with Crippen molar-refractivity contribution in [1.82, 2.24) is 20.4 Å². The number of aromatic nitrogens is 4. The molecule has 0 saturated carbocycles. The number of hydrogen-bond donors (Lipinski definition) is 0. The molecule has 146 valence electrons. The lowest BCUT2D eigenvalue weighted by molar-refractivity contribution is -0.134. The molecule has 2 aromatic heterocycles. The first-order chi connectivity index (χ1) is 15.3. The molecule has 0 saturated heterocycles. The van der Waals surface area contributed by atoms with Crippen LogP contribution in [0.1, 0.15) is 22.3 Å². The molecule has 0 N–H and O–H groups in total. The van der Waals surface area contributed by atoms with E-state index in [0.29, 0.717) is 45.5 Å². The Labute approximate surface area is 174 Å². The summed E-state index contributed by atoms with van der Waals surface area (Å²) in [5, 5.41) is 32.1. The molecular formula is C21H10N8O2. The standard InChI is InChI=1S/C21H10N8O2/c30-21(11-3-1-5-15-17-12(7-11)9-22-26-19(17)28-24-15)31-14-4-2-6-16-18-13(8-14)10-23-27-20(18)29-25-16/h1-10H/b3-1-,4-2-,5-1?,6-2?,11-3?,11-7+,12-7?,13-8?,14-4?,14-8+,15-5+,16-6-. The maximum absolute atomic E-state index is 13.0. The Balaban J connectivity index is 1.35. The fourth-order valence-corrected chi connectivity index (χ4v) is 3.45. The lowest BCUT2D eigenvalue weighted by Gasteiger charge is -2.10. The second-order valence-electron chi connectivity index (χ2n) is 6.75. The van der Waals surface area contributed by atoms with E-state index in [1.807, 2.05) is 0 Å². The molecule has 0 unspecified atom stereocenters. The molecule has 4 aliphatic rings. The van der Waals surface area contributed by atoms with Crippen LogP contribution in [-0.4, -0.2) is 26.4 Å². The van der Waals surface area contributed by atoms with Gasteiger partial charge in [0.25, 0.3) is 0 Å². The molecule has 4 heterocycles. The molecular weight excluding hydrogens is 396 g/mol. The molecule has 10 heteroatoms. The van der Waals surface area contributed by atoms with Gasteiger partial charge < -0.3 is 4.74 Å². The topological polar surface area (TPSA) is 127 Å². The zero-order valence-corrected chi connectivity index (χ0v) is 15.7. The Morgan fingerprint density at radius 2 is 1.35 bits per heavy atom. The molecule has 2 aliphatic carbocycles. The molecule has 0 spiro atoms. The van der Waals surface area contributed by atoms with Crippen LogP contribution in [-0.2, 0) is 9.53 Å². The summed E-state index contributed by atoms with van der Waals surface area (Å²) >= 11 is 0. The van der Waals surface area contributed by atoms with Gasteiger partial charge in [-0.3, -0.25) is 0 Å². The third-order valence-corrected chi connectivity index (χ3v) is 4.84. The Hall–Kier alpha value is -4.73. The van der Waals surface area contributed by atoms with E-state index in [9.17, 15) is 4.79 Å². The predicted octanol–water partition coefficient (Wildman–Crippen LogP) is 4.25. The minimum absolute atomic E-state index is 0.341. The number of hydrogen-bond acceptors (Lipinski definition) is 10. The fourth-order valence-electron chi connectivity index (χ4n) is 3.45. The average Bonchev–Trinajstić information content (AvgIpc) is 3.35. The first-order valence-electron chi connectivity index (χ1n) is 9.24. The van der Waals surface area contributed by atoms with Crippen molar-refractivity contribution >= 4 is 41.2 Å². The highest BCUT2D eigenvalue weighted by Gasteiger charge is 2.23. The second-order valence-corrected chi connectivity index (χ2v) is 6.75. The van der Waals surface area contributed by atoms with Crippen LogP contribution in [0.25, 0.3) is 23.5 Å². The van der Waals surface area contributed by atoms with Crippen molar-refractivity contribution in [2.24, 2.45) is 20.5 Å². The van der Waals surface area contributed by atoms with E-state index in [4.69, 9.17) is 4.74 Å². The lowest BCUT2D eigenvalue weighted by Crippen LogP contribution is -2.07. The Morgan fingerprint density at radius 3 is 2.03 bits per heavy atom. The van der Waals surface area contributed by atoms with Gasteiger partial charge in [0, 0.05) is 11.1 Å². The molecule has 0 fully saturated rings. The van der Waals surface area contributed by atoms with Crippen LogP contribution >= 0.6 is 0 Å². The number of carbonyl (C=O) groups is 1. The van der Waals surface area contributed by atoms with Crippen molar-refractivity contribution in [2.45, 2.75) is 0 Å². The van der Waals surface area contributed by atoms with Crippen molar-refractivity contribution < 1.29 is 9.53 Å². The number of rotatable bonds is 2. The molecule has 0 aromatic carbocycles. The molecule has 0 atom stereocenters. The van der Waals surface area contributed by atoms with Gasteiger partial charge in [-0.15, -0.1) is 30.7 Å². The molecule has 0 bridgehead atoms. The quantitative estimate of drug-likeness (QED) is 0.686. The number of ether oxygens (including phenoxy) is 1. The van der Waals surface area contributed by atoms with Gasteiger partial charge in [-0.1, -0.05) is 12.2 Å². The maximum atomic E-state index is 13.0. The maximum Gasteiger partial charge on any atom is 0.343 e. The zero-order chi connectivity index (χ0) is 20.8. The van der Waals surface area contributed by atoms with Crippen LogP contribution in [0.4, 0.5) is 11.6 Å². The van der Waals surface area contributed by atoms with Crippen LogP contribution in [0.5, 0.6) is 0 Å². The van der Waals surface area contributed by atoms with Gasteiger partial charge in [0.15, 0.2) is 0 Å². The van der Waals surface area contributed by atoms with E-state index in [2.05, 4.69) is 40.9 Å². The Morgan fingerprint density at radius 1 is 0.742 bits per heavy atom. The van der Waals surface area contributed by atoms with Gasteiger partial charge in [0.05, 0.1) is 40.5 Å². The molecule has 2 aliphatic heterocycles. The van der Waals surface area contributed by atoms with Gasteiger partial charge in [-0.25, -0.2) is 4.79 Å². The largest absolute Gasteiger partial charge is 0.423 e.